The lowest BCUT2D eigenvalue weighted by atomic mass is 10.00. The van der Waals surface area contributed by atoms with Gasteiger partial charge in [0, 0.05) is 18.9 Å². The second kappa shape index (κ2) is 6.74. The number of carbonyl (C=O) groups is 2. The number of aliphatic carboxylic acids is 1. The lowest BCUT2D eigenvalue weighted by molar-refractivity contribution is -0.137. The first-order chi connectivity index (χ1) is 9.99. The first-order valence-corrected chi connectivity index (χ1v) is 7.58. The summed E-state index contributed by atoms with van der Waals surface area (Å²) in [6.45, 7) is 4.78. The summed E-state index contributed by atoms with van der Waals surface area (Å²) in [5, 5.41) is 11.4. The van der Waals surface area contributed by atoms with E-state index in [0.717, 1.165) is 6.42 Å². The molecular formula is C17H23NO3. The van der Waals surface area contributed by atoms with Gasteiger partial charge in [0.2, 0.25) is 5.91 Å². The largest absolute Gasteiger partial charge is 0.481 e. The zero-order valence-corrected chi connectivity index (χ0v) is 12.6. The molecule has 2 atom stereocenters. The highest BCUT2D eigenvalue weighted by molar-refractivity contribution is 5.82. The minimum atomic E-state index is -0.821. The Bertz CT molecular complexity index is 507. The summed E-state index contributed by atoms with van der Waals surface area (Å²) < 4.78 is 0. The van der Waals surface area contributed by atoms with E-state index in [0.29, 0.717) is 24.8 Å². The predicted octanol–water partition coefficient (Wildman–Crippen LogP) is 2.89. The lowest BCUT2D eigenvalue weighted by Crippen LogP contribution is -2.26. The van der Waals surface area contributed by atoms with Gasteiger partial charge < -0.3 is 10.4 Å². The van der Waals surface area contributed by atoms with Gasteiger partial charge in [-0.15, -0.1) is 0 Å². The van der Waals surface area contributed by atoms with Crippen molar-refractivity contribution in [2.75, 3.05) is 6.54 Å². The van der Waals surface area contributed by atoms with Gasteiger partial charge >= 0.3 is 5.97 Å². The van der Waals surface area contributed by atoms with Gasteiger partial charge in [-0.2, -0.15) is 0 Å². The number of nitrogens with one attached hydrogen (secondary N) is 1. The van der Waals surface area contributed by atoms with Gasteiger partial charge in [0.25, 0.3) is 0 Å². The van der Waals surface area contributed by atoms with Crippen LogP contribution in [0, 0.1) is 5.92 Å². The van der Waals surface area contributed by atoms with Crippen LogP contribution in [0.3, 0.4) is 0 Å². The van der Waals surface area contributed by atoms with Crippen LogP contribution < -0.4 is 5.32 Å². The average Bonchev–Trinajstić information content (AvgIpc) is 3.23. The molecule has 0 heterocycles. The summed E-state index contributed by atoms with van der Waals surface area (Å²) in [6, 6.07) is 8.52. The van der Waals surface area contributed by atoms with E-state index < -0.39 is 5.97 Å². The Kier molecular flexibility index (Phi) is 4.99. The fraction of sp³-hybridized carbons (Fsp3) is 0.529. The molecule has 1 aromatic rings. The molecule has 21 heavy (non-hydrogen) atoms. The molecule has 0 aromatic heterocycles. The van der Waals surface area contributed by atoms with Crippen molar-refractivity contribution in [1.82, 2.24) is 5.32 Å². The Morgan fingerprint density at radius 3 is 2.52 bits per heavy atom. The summed E-state index contributed by atoms with van der Waals surface area (Å²) in [6.07, 6.45) is 1.48. The van der Waals surface area contributed by atoms with Gasteiger partial charge in [-0.1, -0.05) is 38.1 Å². The van der Waals surface area contributed by atoms with Gasteiger partial charge in [-0.25, -0.2) is 0 Å². The second-order valence-electron chi connectivity index (χ2n) is 6.06. The standard InChI is InChI=1S/C17H23NO3/c1-11(2)12-5-7-13(8-6-12)14-10-15(14)17(21)18-9-3-4-16(19)20/h5-8,11,14-15H,3-4,9-10H2,1-2H3,(H,18,21)(H,19,20)/t14-,15-/m1/s1. The minimum Gasteiger partial charge on any atom is -0.481 e. The van der Waals surface area contributed by atoms with E-state index in [1.165, 1.54) is 11.1 Å². The molecule has 0 aliphatic heterocycles. The minimum absolute atomic E-state index is 0.0540. The molecule has 1 aromatic carbocycles. The Labute approximate surface area is 125 Å². The zero-order valence-electron chi connectivity index (χ0n) is 12.6. The highest BCUT2D eigenvalue weighted by Crippen LogP contribution is 2.47. The highest BCUT2D eigenvalue weighted by Gasteiger charge is 2.43. The number of carboxylic acid groups (broad SMARTS) is 1. The number of carboxylic acids is 1. The number of hydrogen-bond donors (Lipinski definition) is 2. The van der Waals surface area contributed by atoms with Crippen LogP contribution in [0.15, 0.2) is 24.3 Å². The fourth-order valence-electron chi connectivity index (χ4n) is 2.56. The molecule has 0 radical (unpaired) electrons. The summed E-state index contributed by atoms with van der Waals surface area (Å²) >= 11 is 0. The molecule has 114 valence electrons. The summed E-state index contributed by atoms with van der Waals surface area (Å²) in [7, 11) is 0. The normalized spacial score (nSPS) is 20.3. The monoisotopic (exact) mass is 289 g/mol. The van der Waals surface area contributed by atoms with E-state index in [1.54, 1.807) is 0 Å². The van der Waals surface area contributed by atoms with Crippen molar-refractivity contribution < 1.29 is 14.7 Å². The van der Waals surface area contributed by atoms with Gasteiger partial charge in [0.15, 0.2) is 0 Å². The van der Waals surface area contributed by atoms with Crippen molar-refractivity contribution in [2.45, 2.75) is 44.9 Å². The van der Waals surface area contributed by atoms with E-state index in [-0.39, 0.29) is 18.2 Å². The second-order valence-corrected chi connectivity index (χ2v) is 6.06. The molecule has 1 saturated carbocycles. The first-order valence-electron chi connectivity index (χ1n) is 7.58. The quantitative estimate of drug-likeness (QED) is 0.758. The Hall–Kier alpha value is -1.84. The summed E-state index contributed by atoms with van der Waals surface area (Å²) in [4.78, 5) is 22.3. The Balaban J connectivity index is 1.78. The molecule has 0 bridgehead atoms. The van der Waals surface area contributed by atoms with Crippen molar-refractivity contribution in [3.8, 4) is 0 Å². The van der Waals surface area contributed by atoms with Gasteiger partial charge in [-0.3, -0.25) is 9.59 Å². The molecule has 4 heteroatoms. The molecule has 1 aliphatic carbocycles. The average molecular weight is 289 g/mol. The third-order valence-electron chi connectivity index (χ3n) is 4.03. The van der Waals surface area contributed by atoms with Crippen molar-refractivity contribution in [3.05, 3.63) is 35.4 Å². The molecule has 0 saturated heterocycles. The molecule has 2 N–H and O–H groups in total. The van der Waals surface area contributed by atoms with Gasteiger partial charge in [-0.05, 0) is 35.8 Å². The number of hydrogen-bond acceptors (Lipinski definition) is 2. The smallest absolute Gasteiger partial charge is 0.303 e. The zero-order chi connectivity index (χ0) is 15.4. The molecule has 2 rings (SSSR count). The maximum Gasteiger partial charge on any atom is 0.303 e. The Morgan fingerprint density at radius 2 is 1.95 bits per heavy atom. The van der Waals surface area contributed by atoms with Crippen LogP contribution in [0.1, 0.15) is 56.1 Å². The van der Waals surface area contributed by atoms with Crippen LogP contribution in [-0.4, -0.2) is 23.5 Å². The van der Waals surface area contributed by atoms with E-state index in [2.05, 4.69) is 43.4 Å². The maximum atomic E-state index is 12.0. The molecule has 0 spiro atoms. The van der Waals surface area contributed by atoms with Crippen LogP contribution in [0.4, 0.5) is 0 Å². The van der Waals surface area contributed by atoms with E-state index in [9.17, 15) is 9.59 Å². The van der Waals surface area contributed by atoms with Crippen LogP contribution in [0.2, 0.25) is 0 Å². The lowest BCUT2D eigenvalue weighted by Gasteiger charge is -2.07. The first kappa shape index (κ1) is 15.5. The number of amides is 1. The van der Waals surface area contributed by atoms with E-state index in [1.807, 2.05) is 0 Å². The summed E-state index contributed by atoms with van der Waals surface area (Å²) in [5.74, 6) is 0.133. The molecule has 4 nitrogen and oxygen atoms in total. The van der Waals surface area contributed by atoms with Crippen LogP contribution in [0.5, 0.6) is 0 Å². The van der Waals surface area contributed by atoms with Crippen LogP contribution in [-0.2, 0) is 9.59 Å². The van der Waals surface area contributed by atoms with Crippen molar-refractivity contribution in [1.29, 1.82) is 0 Å². The van der Waals surface area contributed by atoms with Crippen molar-refractivity contribution in [3.63, 3.8) is 0 Å². The molecule has 0 unspecified atom stereocenters. The van der Waals surface area contributed by atoms with Gasteiger partial charge in [0.05, 0.1) is 0 Å². The maximum absolute atomic E-state index is 12.0. The number of rotatable bonds is 7. The number of carbonyl (C=O) groups excluding carboxylic acids is 1. The third kappa shape index (κ3) is 4.31. The molecule has 1 fully saturated rings. The van der Waals surface area contributed by atoms with Crippen LogP contribution >= 0.6 is 0 Å². The fourth-order valence-corrected chi connectivity index (χ4v) is 2.56. The van der Waals surface area contributed by atoms with Crippen LogP contribution in [0.25, 0.3) is 0 Å². The van der Waals surface area contributed by atoms with Crippen molar-refractivity contribution in [2.24, 2.45) is 5.92 Å². The van der Waals surface area contributed by atoms with Gasteiger partial charge in [0.1, 0.15) is 0 Å². The molecular weight excluding hydrogens is 266 g/mol. The predicted molar refractivity (Wildman–Crippen MR) is 81.3 cm³/mol. The van der Waals surface area contributed by atoms with E-state index >= 15 is 0 Å². The Morgan fingerprint density at radius 1 is 1.29 bits per heavy atom. The van der Waals surface area contributed by atoms with E-state index in [4.69, 9.17) is 5.11 Å². The summed E-state index contributed by atoms with van der Waals surface area (Å²) in [5.41, 5.74) is 2.54. The SMILES string of the molecule is CC(C)c1ccc([C@H]2C[C@H]2C(=O)NCCCC(=O)O)cc1. The molecule has 1 amide bonds. The third-order valence-corrected chi connectivity index (χ3v) is 4.03. The molecule has 1 aliphatic rings. The topological polar surface area (TPSA) is 66.4 Å². The highest BCUT2D eigenvalue weighted by atomic mass is 16.4. The number of benzene rings is 1. The van der Waals surface area contributed by atoms with Crippen molar-refractivity contribution >= 4 is 11.9 Å².